The molecular formula is C26H19FN2O4S2. The van der Waals surface area contributed by atoms with E-state index in [1.165, 1.54) is 35.7 Å². The molecule has 0 aliphatic carbocycles. The number of carbonyl (C=O) groups is 1. The van der Waals surface area contributed by atoms with Gasteiger partial charge in [0.15, 0.2) is 4.91 Å². The molecule has 0 radical (unpaired) electrons. The van der Waals surface area contributed by atoms with Gasteiger partial charge in [-0.05, 0) is 65.5 Å². The van der Waals surface area contributed by atoms with Gasteiger partial charge in [0, 0.05) is 11.9 Å². The van der Waals surface area contributed by atoms with Crippen LogP contribution in [0.25, 0.3) is 0 Å². The van der Waals surface area contributed by atoms with Crippen LogP contribution in [0.2, 0.25) is 0 Å². The Morgan fingerprint density at radius 2 is 1.69 bits per heavy atom. The van der Waals surface area contributed by atoms with Gasteiger partial charge in [-0.15, -0.1) is 11.3 Å². The number of thiophene rings is 1. The highest BCUT2D eigenvalue weighted by molar-refractivity contribution is 7.97. The molecular weight excluding hydrogens is 487 g/mol. The van der Waals surface area contributed by atoms with E-state index < -0.39 is 21.6 Å². The molecule has 35 heavy (non-hydrogen) atoms. The van der Waals surface area contributed by atoms with E-state index in [9.17, 15) is 17.6 Å². The number of halogens is 1. The van der Waals surface area contributed by atoms with Crippen LogP contribution < -0.4 is 14.4 Å². The van der Waals surface area contributed by atoms with Crippen LogP contribution in [-0.4, -0.2) is 14.2 Å². The molecule has 176 valence electrons. The highest BCUT2D eigenvalue weighted by Gasteiger charge is 2.41. The first-order valence-electron chi connectivity index (χ1n) is 10.6. The van der Waals surface area contributed by atoms with Gasteiger partial charge in [-0.3, -0.25) is 9.10 Å². The summed E-state index contributed by atoms with van der Waals surface area (Å²) in [6, 6.07) is 23.5. The van der Waals surface area contributed by atoms with Gasteiger partial charge in [-0.25, -0.2) is 12.8 Å². The number of hydrogen-bond donors (Lipinski definition) is 1. The van der Waals surface area contributed by atoms with E-state index >= 15 is 0 Å². The second-order valence-electron chi connectivity index (χ2n) is 7.70. The average Bonchev–Trinajstić information content (AvgIpc) is 3.33. The van der Waals surface area contributed by atoms with Crippen molar-refractivity contribution in [2.75, 3.05) is 9.62 Å². The highest BCUT2D eigenvalue weighted by Crippen LogP contribution is 2.39. The molecule has 9 heteroatoms. The number of nitrogens with zero attached hydrogens (tertiary/aromatic N) is 1. The Hall–Kier alpha value is -3.95. The Morgan fingerprint density at radius 3 is 2.43 bits per heavy atom. The van der Waals surface area contributed by atoms with Gasteiger partial charge in [0.2, 0.25) is 5.78 Å². The van der Waals surface area contributed by atoms with E-state index in [4.69, 9.17) is 4.74 Å². The molecule has 6 nitrogen and oxygen atoms in total. The van der Waals surface area contributed by atoms with Gasteiger partial charge in [-0.1, -0.05) is 30.3 Å². The zero-order valence-corrected chi connectivity index (χ0v) is 19.9. The summed E-state index contributed by atoms with van der Waals surface area (Å²) in [5.41, 5.74) is 1.35. The summed E-state index contributed by atoms with van der Waals surface area (Å²) in [6.45, 7) is -0.0973. The number of ketones is 1. The number of allylic oxidation sites excluding steroid dienone is 1. The number of anilines is 2. The molecule has 0 fully saturated rings. The summed E-state index contributed by atoms with van der Waals surface area (Å²) < 4.78 is 47.5. The van der Waals surface area contributed by atoms with Crippen molar-refractivity contribution >= 4 is 38.5 Å². The second-order valence-corrected chi connectivity index (χ2v) is 10.4. The van der Waals surface area contributed by atoms with Crippen molar-refractivity contribution in [3.05, 3.63) is 118 Å². The molecule has 0 saturated carbocycles. The lowest BCUT2D eigenvalue weighted by molar-refractivity contribution is 0.104. The van der Waals surface area contributed by atoms with Crippen LogP contribution in [0, 0.1) is 5.82 Å². The number of fused-ring (bicyclic) bond motifs is 1. The molecule has 4 aromatic rings. The molecule has 1 N–H and O–H groups in total. The minimum Gasteiger partial charge on any atom is -0.457 e. The molecule has 1 aliphatic rings. The summed E-state index contributed by atoms with van der Waals surface area (Å²) in [4.78, 5) is 13.0. The number of ether oxygens (including phenoxy) is 1. The molecule has 3 aromatic carbocycles. The van der Waals surface area contributed by atoms with Crippen LogP contribution in [0.3, 0.4) is 0 Å². The number of sulfonamides is 1. The molecule has 1 aliphatic heterocycles. The predicted molar refractivity (Wildman–Crippen MR) is 135 cm³/mol. The molecule has 0 unspecified atom stereocenters. The van der Waals surface area contributed by atoms with E-state index in [1.54, 1.807) is 41.8 Å². The molecule has 0 bridgehead atoms. The summed E-state index contributed by atoms with van der Waals surface area (Å²) in [7, 11) is -4.18. The zero-order chi connectivity index (χ0) is 24.4. The minimum absolute atomic E-state index is 0.0973. The Morgan fingerprint density at radius 1 is 0.943 bits per heavy atom. The Balaban J connectivity index is 1.41. The highest BCUT2D eigenvalue weighted by atomic mass is 32.2. The fraction of sp³-hybridized carbons (Fsp3) is 0.0385. The fourth-order valence-electron chi connectivity index (χ4n) is 3.65. The van der Waals surface area contributed by atoms with E-state index in [1.807, 2.05) is 30.3 Å². The van der Waals surface area contributed by atoms with Crippen molar-refractivity contribution in [2.24, 2.45) is 0 Å². The van der Waals surface area contributed by atoms with E-state index in [2.05, 4.69) is 5.32 Å². The van der Waals surface area contributed by atoms with Crippen molar-refractivity contribution in [3.8, 4) is 11.5 Å². The number of carbonyl (C=O) groups excluding carboxylic acids is 1. The van der Waals surface area contributed by atoms with Crippen LogP contribution in [0.4, 0.5) is 15.8 Å². The third kappa shape index (κ3) is 4.68. The van der Waals surface area contributed by atoms with E-state index in [0.29, 0.717) is 33.3 Å². The quantitative estimate of drug-likeness (QED) is 0.317. The van der Waals surface area contributed by atoms with Crippen LogP contribution in [0.1, 0.15) is 15.2 Å². The third-order valence-electron chi connectivity index (χ3n) is 5.33. The number of benzene rings is 3. The van der Waals surface area contributed by atoms with Crippen LogP contribution in [0.15, 0.2) is 101 Å². The van der Waals surface area contributed by atoms with Crippen molar-refractivity contribution in [3.63, 3.8) is 0 Å². The molecule has 1 aromatic heterocycles. The first-order chi connectivity index (χ1) is 16.9. The minimum atomic E-state index is -4.18. The van der Waals surface area contributed by atoms with Gasteiger partial charge in [0.25, 0.3) is 10.0 Å². The van der Waals surface area contributed by atoms with E-state index in [-0.39, 0.29) is 11.4 Å². The van der Waals surface area contributed by atoms with Crippen molar-refractivity contribution < 1.29 is 22.3 Å². The summed E-state index contributed by atoms with van der Waals surface area (Å²) in [6.07, 6.45) is 1.20. The first-order valence-corrected chi connectivity index (χ1v) is 12.9. The van der Waals surface area contributed by atoms with Gasteiger partial charge >= 0.3 is 0 Å². The lowest BCUT2D eigenvalue weighted by Gasteiger charge is -2.29. The summed E-state index contributed by atoms with van der Waals surface area (Å²) >= 11 is 1.17. The zero-order valence-electron chi connectivity index (χ0n) is 18.2. The molecule has 0 atom stereocenters. The van der Waals surface area contributed by atoms with Crippen LogP contribution in [0.5, 0.6) is 11.5 Å². The van der Waals surface area contributed by atoms with Gasteiger partial charge in [0.1, 0.15) is 22.2 Å². The average molecular weight is 507 g/mol. The maximum absolute atomic E-state index is 13.7. The summed E-state index contributed by atoms with van der Waals surface area (Å²) in [5.74, 6) is 0.261. The van der Waals surface area contributed by atoms with Gasteiger partial charge in [-0.2, -0.15) is 0 Å². The third-order valence-corrected chi connectivity index (χ3v) is 8.00. The van der Waals surface area contributed by atoms with Crippen LogP contribution >= 0.6 is 11.3 Å². The SMILES string of the molecule is O=C1C(=CNc2ccc(Oc3ccccc3)cc2)S(=O)(=O)N(Cc2cccc(F)c2)c2ccsc21. The molecule has 0 saturated heterocycles. The van der Waals surface area contributed by atoms with E-state index in [0.717, 1.165) is 4.31 Å². The van der Waals surface area contributed by atoms with Crippen molar-refractivity contribution in [2.45, 2.75) is 6.54 Å². The Bertz CT molecular complexity index is 1510. The Labute approximate surface area is 206 Å². The lowest BCUT2D eigenvalue weighted by Crippen LogP contribution is -2.38. The number of rotatable bonds is 6. The maximum Gasteiger partial charge on any atom is 0.270 e. The van der Waals surface area contributed by atoms with Crippen molar-refractivity contribution in [1.29, 1.82) is 0 Å². The lowest BCUT2D eigenvalue weighted by atomic mass is 10.2. The van der Waals surface area contributed by atoms with Gasteiger partial charge in [0.05, 0.1) is 12.2 Å². The molecule has 0 amide bonds. The molecule has 2 heterocycles. The second kappa shape index (κ2) is 9.36. The monoisotopic (exact) mass is 506 g/mol. The first kappa shape index (κ1) is 22.8. The van der Waals surface area contributed by atoms with Crippen molar-refractivity contribution in [1.82, 2.24) is 0 Å². The van der Waals surface area contributed by atoms with Crippen LogP contribution in [-0.2, 0) is 16.6 Å². The summed E-state index contributed by atoms with van der Waals surface area (Å²) in [5, 5.41) is 4.57. The maximum atomic E-state index is 13.7. The molecule has 5 rings (SSSR count). The predicted octanol–water partition coefficient (Wildman–Crippen LogP) is 6.17. The smallest absolute Gasteiger partial charge is 0.270 e. The molecule has 0 spiro atoms. The normalized spacial score (nSPS) is 15.6. The standard InChI is InChI=1S/C26H19FN2O4S2/c27-19-6-4-5-18(15-19)17-29-23-13-14-34-26(23)25(30)24(35(29,31)32)16-28-20-9-11-22(12-10-20)33-21-7-2-1-3-8-21/h1-16,28H,17H2. The number of Topliss-reactive ketones (excluding diaryl/α,β-unsaturated/α-hetero) is 1. The Kier molecular flexibility index (Phi) is 6.10. The number of hydrogen-bond acceptors (Lipinski definition) is 6. The topological polar surface area (TPSA) is 75.7 Å². The number of para-hydroxylation sites is 1. The van der Waals surface area contributed by atoms with Gasteiger partial charge < -0.3 is 10.1 Å². The number of nitrogens with one attached hydrogen (secondary N) is 1. The largest absolute Gasteiger partial charge is 0.457 e. The fourth-order valence-corrected chi connectivity index (χ4v) is 6.13.